The van der Waals surface area contributed by atoms with Crippen LogP contribution in [0.25, 0.3) is 0 Å². The van der Waals surface area contributed by atoms with Crippen molar-refractivity contribution < 1.29 is 28.5 Å². The zero-order valence-electron chi connectivity index (χ0n) is 16.9. The van der Waals surface area contributed by atoms with E-state index in [1.54, 1.807) is 25.3 Å². The molecule has 7 heteroatoms. The molecule has 2 aromatic rings. The van der Waals surface area contributed by atoms with Gasteiger partial charge in [0.05, 0.1) is 27.4 Å². The predicted molar refractivity (Wildman–Crippen MR) is 106 cm³/mol. The highest BCUT2D eigenvalue weighted by molar-refractivity contribution is 5.74. The number of nitrogens with zero attached hydrogens (tertiary/aromatic N) is 1. The SMILES string of the molecule is COc1ccc(C(c2ccc(F)cc2)N2CCCCC2C(=O)O)c(OC)c1OC. The van der Waals surface area contributed by atoms with Gasteiger partial charge in [-0.1, -0.05) is 18.6 Å². The lowest BCUT2D eigenvalue weighted by Crippen LogP contribution is -2.46. The smallest absolute Gasteiger partial charge is 0.320 e. The molecular formula is C22H26FNO5. The first-order chi connectivity index (χ1) is 14.0. The minimum absolute atomic E-state index is 0.347. The molecule has 0 spiro atoms. The number of carboxylic acid groups (broad SMARTS) is 1. The van der Waals surface area contributed by atoms with Crippen LogP contribution >= 0.6 is 0 Å². The number of carboxylic acids is 1. The molecule has 2 atom stereocenters. The fraction of sp³-hybridized carbons (Fsp3) is 0.409. The number of piperidine rings is 1. The molecule has 1 aliphatic rings. The first-order valence-corrected chi connectivity index (χ1v) is 9.54. The van der Waals surface area contributed by atoms with Gasteiger partial charge in [0.1, 0.15) is 11.9 Å². The number of benzene rings is 2. The molecule has 0 radical (unpaired) electrons. The van der Waals surface area contributed by atoms with Gasteiger partial charge < -0.3 is 19.3 Å². The van der Waals surface area contributed by atoms with Crippen molar-refractivity contribution in [1.29, 1.82) is 0 Å². The molecule has 29 heavy (non-hydrogen) atoms. The number of aliphatic carboxylic acids is 1. The average molecular weight is 403 g/mol. The van der Waals surface area contributed by atoms with Crippen LogP contribution in [0.2, 0.25) is 0 Å². The van der Waals surface area contributed by atoms with E-state index in [2.05, 4.69) is 0 Å². The molecule has 2 unspecified atom stereocenters. The quantitative estimate of drug-likeness (QED) is 0.757. The molecule has 0 amide bonds. The van der Waals surface area contributed by atoms with Crippen LogP contribution in [0, 0.1) is 5.82 Å². The summed E-state index contributed by atoms with van der Waals surface area (Å²) in [5.41, 5.74) is 1.52. The van der Waals surface area contributed by atoms with Crippen LogP contribution in [0.15, 0.2) is 36.4 Å². The molecule has 0 bridgehead atoms. The second-order valence-electron chi connectivity index (χ2n) is 6.97. The Morgan fingerprint density at radius 3 is 2.31 bits per heavy atom. The lowest BCUT2D eigenvalue weighted by molar-refractivity contribution is -0.145. The van der Waals surface area contributed by atoms with E-state index in [0.717, 1.165) is 24.0 Å². The number of hydrogen-bond donors (Lipinski definition) is 1. The van der Waals surface area contributed by atoms with Crippen LogP contribution < -0.4 is 14.2 Å². The topological polar surface area (TPSA) is 68.2 Å². The number of ether oxygens (including phenoxy) is 3. The van der Waals surface area contributed by atoms with Crippen molar-refractivity contribution in [3.05, 3.63) is 53.3 Å². The summed E-state index contributed by atoms with van der Waals surface area (Å²) < 4.78 is 30.2. The van der Waals surface area contributed by atoms with E-state index in [0.29, 0.717) is 30.2 Å². The molecule has 6 nitrogen and oxygen atoms in total. The molecule has 0 saturated carbocycles. The predicted octanol–water partition coefficient (Wildman–Crippen LogP) is 3.88. The van der Waals surface area contributed by atoms with Crippen molar-refractivity contribution in [1.82, 2.24) is 4.90 Å². The molecule has 1 N–H and O–H groups in total. The monoisotopic (exact) mass is 403 g/mol. The number of hydrogen-bond acceptors (Lipinski definition) is 5. The molecule has 156 valence electrons. The van der Waals surface area contributed by atoms with Crippen molar-refractivity contribution in [2.75, 3.05) is 27.9 Å². The van der Waals surface area contributed by atoms with E-state index in [4.69, 9.17) is 14.2 Å². The maximum atomic E-state index is 13.6. The van der Waals surface area contributed by atoms with Gasteiger partial charge in [-0.25, -0.2) is 4.39 Å². The molecular weight excluding hydrogens is 377 g/mol. The van der Waals surface area contributed by atoms with Crippen LogP contribution in [0.3, 0.4) is 0 Å². The maximum absolute atomic E-state index is 13.6. The summed E-state index contributed by atoms with van der Waals surface area (Å²) in [6, 6.07) is 8.68. The van der Waals surface area contributed by atoms with E-state index >= 15 is 0 Å². The van der Waals surface area contributed by atoms with Crippen molar-refractivity contribution in [3.8, 4) is 17.2 Å². The van der Waals surface area contributed by atoms with Crippen molar-refractivity contribution in [2.45, 2.75) is 31.3 Å². The second-order valence-corrected chi connectivity index (χ2v) is 6.97. The van der Waals surface area contributed by atoms with Gasteiger partial charge in [0.15, 0.2) is 11.5 Å². The van der Waals surface area contributed by atoms with E-state index < -0.39 is 18.1 Å². The standard InChI is InChI=1S/C22H26FNO5/c1-27-18-12-11-16(20(28-2)21(18)29-3)19(14-7-9-15(23)10-8-14)24-13-5-4-6-17(24)22(25)26/h7-12,17,19H,4-6,13H2,1-3H3,(H,25,26). The lowest BCUT2D eigenvalue weighted by atomic mass is 9.91. The first kappa shape index (κ1) is 20.9. The molecule has 1 saturated heterocycles. The number of likely N-dealkylation sites (tertiary alicyclic amines) is 1. The van der Waals surface area contributed by atoms with Gasteiger partial charge in [-0.05, 0) is 49.2 Å². The summed E-state index contributed by atoms with van der Waals surface area (Å²) in [6.45, 7) is 0.608. The molecule has 2 aromatic carbocycles. The molecule has 1 aliphatic heterocycles. The summed E-state index contributed by atoms with van der Waals surface area (Å²) in [5, 5.41) is 9.83. The van der Waals surface area contributed by atoms with Crippen LogP contribution in [0.4, 0.5) is 4.39 Å². The number of rotatable bonds is 7. The Hall–Kier alpha value is -2.80. The van der Waals surface area contributed by atoms with Gasteiger partial charge in [0.25, 0.3) is 0 Å². The Morgan fingerprint density at radius 1 is 1.03 bits per heavy atom. The fourth-order valence-electron chi connectivity index (χ4n) is 4.06. The third-order valence-electron chi connectivity index (χ3n) is 5.38. The average Bonchev–Trinajstić information content (AvgIpc) is 2.74. The van der Waals surface area contributed by atoms with Crippen molar-refractivity contribution in [2.24, 2.45) is 0 Å². The van der Waals surface area contributed by atoms with Crippen LogP contribution in [0.1, 0.15) is 36.4 Å². The van der Waals surface area contributed by atoms with E-state index in [1.807, 2.05) is 11.0 Å². The molecule has 1 fully saturated rings. The highest BCUT2D eigenvalue weighted by Gasteiger charge is 2.37. The highest BCUT2D eigenvalue weighted by atomic mass is 19.1. The Morgan fingerprint density at radius 2 is 1.72 bits per heavy atom. The first-order valence-electron chi connectivity index (χ1n) is 9.54. The van der Waals surface area contributed by atoms with Gasteiger partial charge >= 0.3 is 5.97 Å². The van der Waals surface area contributed by atoms with Crippen molar-refractivity contribution in [3.63, 3.8) is 0 Å². The third-order valence-corrected chi connectivity index (χ3v) is 5.38. The zero-order chi connectivity index (χ0) is 21.0. The van der Waals surface area contributed by atoms with Crippen LogP contribution in [-0.4, -0.2) is 49.9 Å². The summed E-state index contributed by atoms with van der Waals surface area (Å²) in [4.78, 5) is 13.9. The van der Waals surface area contributed by atoms with Crippen molar-refractivity contribution >= 4 is 5.97 Å². The van der Waals surface area contributed by atoms with E-state index in [-0.39, 0.29) is 5.82 Å². The second kappa shape index (κ2) is 9.13. The van der Waals surface area contributed by atoms with Gasteiger partial charge in [-0.15, -0.1) is 0 Å². The van der Waals surface area contributed by atoms with Gasteiger partial charge in [-0.3, -0.25) is 9.69 Å². The van der Waals surface area contributed by atoms with Crippen LogP contribution in [-0.2, 0) is 4.79 Å². The van der Waals surface area contributed by atoms with E-state index in [9.17, 15) is 14.3 Å². The highest BCUT2D eigenvalue weighted by Crippen LogP contribution is 2.46. The molecule has 1 heterocycles. The minimum atomic E-state index is -0.865. The molecule has 0 aromatic heterocycles. The largest absolute Gasteiger partial charge is 0.493 e. The minimum Gasteiger partial charge on any atom is -0.493 e. The van der Waals surface area contributed by atoms with Gasteiger partial charge in [0.2, 0.25) is 5.75 Å². The Bertz CT molecular complexity index is 855. The fourth-order valence-corrected chi connectivity index (χ4v) is 4.06. The summed E-state index contributed by atoms with van der Waals surface area (Å²) in [7, 11) is 4.60. The van der Waals surface area contributed by atoms with Gasteiger partial charge in [-0.2, -0.15) is 0 Å². The summed E-state index contributed by atoms with van der Waals surface area (Å²) >= 11 is 0. The third kappa shape index (κ3) is 4.15. The normalized spacial score (nSPS) is 18.1. The van der Waals surface area contributed by atoms with Gasteiger partial charge in [0, 0.05) is 5.56 Å². The number of methoxy groups -OCH3 is 3. The van der Waals surface area contributed by atoms with Crippen LogP contribution in [0.5, 0.6) is 17.2 Å². The summed E-state index contributed by atoms with van der Waals surface area (Å²) in [5.74, 6) is 0.204. The Kier molecular flexibility index (Phi) is 6.59. The molecule has 0 aliphatic carbocycles. The number of halogens is 1. The molecule has 3 rings (SSSR count). The maximum Gasteiger partial charge on any atom is 0.320 e. The zero-order valence-corrected chi connectivity index (χ0v) is 16.9. The Labute approximate surface area is 169 Å². The lowest BCUT2D eigenvalue weighted by Gasteiger charge is -2.40. The number of carbonyl (C=O) groups is 1. The summed E-state index contributed by atoms with van der Waals surface area (Å²) in [6.07, 6.45) is 2.30. The Balaban J connectivity index is 2.20. The van der Waals surface area contributed by atoms with E-state index in [1.165, 1.54) is 26.4 Å².